The van der Waals surface area contributed by atoms with Gasteiger partial charge in [-0.1, -0.05) is 23.7 Å². The first kappa shape index (κ1) is 20.5. The highest BCUT2D eigenvalue weighted by Gasteiger charge is 2.24. The van der Waals surface area contributed by atoms with Crippen LogP contribution in [0.2, 0.25) is 5.02 Å². The summed E-state index contributed by atoms with van der Waals surface area (Å²) >= 11 is 6.66. The summed E-state index contributed by atoms with van der Waals surface area (Å²) < 4.78 is 0. The number of aromatic nitrogens is 3. The molecule has 0 aliphatic carbocycles. The molecule has 2 aromatic heterocycles. The summed E-state index contributed by atoms with van der Waals surface area (Å²) in [5.41, 5.74) is 4.56. The molecule has 1 atom stereocenters. The van der Waals surface area contributed by atoms with Crippen LogP contribution >= 0.6 is 11.6 Å². The number of fused-ring (bicyclic) bond motifs is 1. The van der Waals surface area contributed by atoms with E-state index in [4.69, 9.17) is 11.6 Å². The molecule has 5 rings (SSSR count). The second-order valence-electron chi connectivity index (χ2n) is 8.14. The highest BCUT2D eigenvalue weighted by atomic mass is 35.5. The zero-order valence-corrected chi connectivity index (χ0v) is 18.4. The predicted molar refractivity (Wildman–Crippen MR) is 127 cm³/mol. The second kappa shape index (κ2) is 8.65. The molecule has 3 heterocycles. The lowest BCUT2D eigenvalue weighted by molar-refractivity contribution is 0.102. The van der Waals surface area contributed by atoms with Crippen molar-refractivity contribution in [3.63, 3.8) is 0 Å². The van der Waals surface area contributed by atoms with Crippen molar-refractivity contribution in [1.82, 2.24) is 19.9 Å². The molecule has 1 N–H and O–H groups in total. The van der Waals surface area contributed by atoms with Gasteiger partial charge in [-0.25, -0.2) is 15.0 Å². The lowest BCUT2D eigenvalue weighted by atomic mass is 9.91. The van der Waals surface area contributed by atoms with Gasteiger partial charge < -0.3 is 10.2 Å². The molecule has 0 spiro atoms. The van der Waals surface area contributed by atoms with Gasteiger partial charge in [-0.05, 0) is 73.5 Å². The van der Waals surface area contributed by atoms with Crippen LogP contribution in [0.3, 0.4) is 0 Å². The van der Waals surface area contributed by atoms with Crippen LogP contribution in [0.5, 0.6) is 0 Å². The number of hydrogen-bond donors (Lipinski definition) is 1. The smallest absolute Gasteiger partial charge is 0.256 e. The van der Waals surface area contributed by atoms with Gasteiger partial charge in [0.25, 0.3) is 5.91 Å². The van der Waals surface area contributed by atoms with Crippen LogP contribution in [-0.2, 0) is 0 Å². The predicted octanol–water partition coefficient (Wildman–Crippen LogP) is 5.02. The molecule has 1 aliphatic heterocycles. The van der Waals surface area contributed by atoms with Crippen LogP contribution in [-0.4, -0.2) is 45.9 Å². The van der Waals surface area contributed by atoms with Gasteiger partial charge in [0, 0.05) is 40.5 Å². The monoisotopic (exact) mass is 443 g/mol. The van der Waals surface area contributed by atoms with E-state index in [1.165, 1.54) is 5.56 Å². The molecule has 1 fully saturated rings. The summed E-state index contributed by atoms with van der Waals surface area (Å²) in [4.78, 5) is 27.9. The molecule has 1 aliphatic rings. The zero-order chi connectivity index (χ0) is 22.1. The van der Waals surface area contributed by atoms with Gasteiger partial charge in [-0.2, -0.15) is 0 Å². The molecule has 1 amide bonds. The van der Waals surface area contributed by atoms with E-state index < -0.39 is 0 Å². The molecule has 6 nitrogen and oxygen atoms in total. The van der Waals surface area contributed by atoms with E-state index in [2.05, 4.69) is 44.3 Å². The maximum absolute atomic E-state index is 12.6. The third-order valence-electron chi connectivity index (χ3n) is 5.92. The largest absolute Gasteiger partial charge is 0.307 e. The first-order valence-electron chi connectivity index (χ1n) is 10.5. The van der Waals surface area contributed by atoms with Crippen LogP contribution in [0, 0.1) is 0 Å². The standard InChI is InChI=1S/C25H22ClN5O/c1-31-9-7-17(14-31)21-11-18(10-19-13-27-15-29-24(19)21)20-6-5-16(12-22(20)26)25(32)30-23-4-2-3-8-28-23/h2-6,8,10-13,15,17H,7,9,14H2,1H3,(H,28,30,32). The second-order valence-corrected chi connectivity index (χ2v) is 8.54. The van der Waals surface area contributed by atoms with Gasteiger partial charge in [0.15, 0.2) is 0 Å². The normalized spacial score (nSPS) is 16.4. The van der Waals surface area contributed by atoms with Crippen molar-refractivity contribution in [3.05, 3.63) is 83.4 Å². The van der Waals surface area contributed by atoms with Crippen molar-refractivity contribution in [1.29, 1.82) is 0 Å². The van der Waals surface area contributed by atoms with Crippen molar-refractivity contribution < 1.29 is 4.79 Å². The quantitative estimate of drug-likeness (QED) is 0.479. The minimum Gasteiger partial charge on any atom is -0.307 e. The van der Waals surface area contributed by atoms with E-state index in [9.17, 15) is 4.79 Å². The Labute approximate surface area is 191 Å². The van der Waals surface area contributed by atoms with Gasteiger partial charge >= 0.3 is 0 Å². The van der Waals surface area contributed by atoms with Crippen molar-refractivity contribution in [3.8, 4) is 11.1 Å². The highest BCUT2D eigenvalue weighted by molar-refractivity contribution is 6.33. The lowest BCUT2D eigenvalue weighted by Crippen LogP contribution is -2.13. The summed E-state index contributed by atoms with van der Waals surface area (Å²) in [6, 6.07) is 15.0. The SMILES string of the molecule is CN1CCC(c2cc(-c3ccc(C(=O)Nc4ccccn4)cc3Cl)cc3cncnc23)C1. The fourth-order valence-corrected chi connectivity index (χ4v) is 4.59. The number of likely N-dealkylation sites (N-methyl/N-ethyl adjacent to an activating group) is 1. The van der Waals surface area contributed by atoms with Crippen LogP contribution in [0.15, 0.2) is 67.3 Å². The van der Waals surface area contributed by atoms with E-state index in [0.29, 0.717) is 22.3 Å². The third kappa shape index (κ3) is 4.07. The zero-order valence-electron chi connectivity index (χ0n) is 17.6. The molecule has 2 aromatic carbocycles. The molecule has 1 saturated heterocycles. The van der Waals surface area contributed by atoms with Crippen molar-refractivity contribution in [2.75, 3.05) is 25.5 Å². The van der Waals surface area contributed by atoms with Crippen molar-refractivity contribution >= 4 is 34.2 Å². The molecule has 7 heteroatoms. The van der Waals surface area contributed by atoms with Crippen LogP contribution in [0.1, 0.15) is 28.3 Å². The lowest BCUT2D eigenvalue weighted by Gasteiger charge is -2.16. The number of anilines is 1. The Morgan fingerprint density at radius 3 is 2.81 bits per heavy atom. The van der Waals surface area contributed by atoms with Crippen molar-refractivity contribution in [2.24, 2.45) is 0 Å². The maximum atomic E-state index is 12.6. The summed E-state index contributed by atoms with van der Waals surface area (Å²) in [7, 11) is 2.15. The number of rotatable bonds is 4. The Balaban J connectivity index is 1.50. The van der Waals surface area contributed by atoms with E-state index in [1.54, 1.807) is 36.8 Å². The minimum absolute atomic E-state index is 0.251. The number of likely N-dealkylation sites (tertiary alicyclic amines) is 1. The number of halogens is 1. The first-order chi connectivity index (χ1) is 15.6. The Kier molecular flexibility index (Phi) is 5.55. The number of nitrogens with zero attached hydrogens (tertiary/aromatic N) is 4. The Bertz CT molecular complexity index is 1290. The molecule has 0 saturated carbocycles. The molecule has 4 aromatic rings. The number of carbonyl (C=O) groups excluding carboxylic acids is 1. The minimum atomic E-state index is -0.251. The topological polar surface area (TPSA) is 71.0 Å². The molecule has 32 heavy (non-hydrogen) atoms. The number of benzene rings is 2. The number of hydrogen-bond acceptors (Lipinski definition) is 5. The number of amides is 1. The summed E-state index contributed by atoms with van der Waals surface area (Å²) in [5.74, 6) is 0.664. The molecular weight excluding hydrogens is 422 g/mol. The van der Waals surface area contributed by atoms with Gasteiger partial charge in [0.2, 0.25) is 0 Å². The Morgan fingerprint density at radius 2 is 2.06 bits per heavy atom. The highest BCUT2D eigenvalue weighted by Crippen LogP contribution is 2.37. The average molecular weight is 444 g/mol. The number of carbonyl (C=O) groups is 1. The summed E-state index contributed by atoms with van der Waals surface area (Å²) in [6.07, 6.45) is 6.18. The van der Waals surface area contributed by atoms with Gasteiger partial charge in [-0.3, -0.25) is 4.79 Å². The van der Waals surface area contributed by atoms with Gasteiger partial charge in [-0.15, -0.1) is 0 Å². The van der Waals surface area contributed by atoms with E-state index in [-0.39, 0.29) is 5.91 Å². The number of nitrogens with one attached hydrogen (secondary N) is 1. The maximum Gasteiger partial charge on any atom is 0.256 e. The fraction of sp³-hybridized carbons (Fsp3) is 0.200. The molecule has 0 radical (unpaired) electrons. The van der Waals surface area contributed by atoms with Crippen molar-refractivity contribution in [2.45, 2.75) is 12.3 Å². The van der Waals surface area contributed by atoms with Crippen LogP contribution in [0.25, 0.3) is 22.0 Å². The first-order valence-corrected chi connectivity index (χ1v) is 10.9. The third-order valence-corrected chi connectivity index (χ3v) is 6.23. The van der Waals surface area contributed by atoms with Crippen LogP contribution < -0.4 is 5.32 Å². The fourth-order valence-electron chi connectivity index (χ4n) is 4.30. The van der Waals surface area contributed by atoms with E-state index in [1.807, 2.05) is 18.3 Å². The van der Waals surface area contributed by atoms with Gasteiger partial charge in [0.05, 0.1) is 5.52 Å². The van der Waals surface area contributed by atoms with Crippen LogP contribution in [0.4, 0.5) is 5.82 Å². The van der Waals surface area contributed by atoms with Gasteiger partial charge in [0.1, 0.15) is 12.1 Å². The Hall–Kier alpha value is -3.35. The summed E-state index contributed by atoms with van der Waals surface area (Å²) in [6.45, 7) is 2.07. The molecule has 0 bridgehead atoms. The van der Waals surface area contributed by atoms with E-state index >= 15 is 0 Å². The molecule has 1 unspecified atom stereocenters. The number of pyridine rings is 1. The molecular formula is C25H22ClN5O. The van der Waals surface area contributed by atoms with E-state index in [0.717, 1.165) is 41.5 Å². The summed E-state index contributed by atoms with van der Waals surface area (Å²) in [5, 5.41) is 4.30. The molecule has 160 valence electrons. The average Bonchev–Trinajstić information content (AvgIpc) is 3.25. The Morgan fingerprint density at radius 1 is 1.16 bits per heavy atom.